The SMILES string of the molecule is CN1CCC(NC(=O)CNC(=O)C(C)(C)C)CC1. The summed E-state index contributed by atoms with van der Waals surface area (Å²) in [5, 5.41) is 5.63. The smallest absolute Gasteiger partial charge is 0.239 e. The van der Waals surface area contributed by atoms with Crippen molar-refractivity contribution < 1.29 is 9.59 Å². The minimum atomic E-state index is -0.451. The number of nitrogens with one attached hydrogen (secondary N) is 2. The quantitative estimate of drug-likeness (QED) is 0.765. The van der Waals surface area contributed by atoms with Crippen molar-refractivity contribution in [3.05, 3.63) is 0 Å². The van der Waals surface area contributed by atoms with E-state index >= 15 is 0 Å². The van der Waals surface area contributed by atoms with E-state index in [2.05, 4.69) is 22.6 Å². The summed E-state index contributed by atoms with van der Waals surface area (Å²) < 4.78 is 0. The van der Waals surface area contributed by atoms with E-state index in [1.807, 2.05) is 20.8 Å². The number of amides is 2. The van der Waals surface area contributed by atoms with Crippen molar-refractivity contribution in [2.45, 2.75) is 39.7 Å². The molecular formula is C13H25N3O2. The molecule has 5 heteroatoms. The van der Waals surface area contributed by atoms with E-state index in [4.69, 9.17) is 0 Å². The molecule has 0 aromatic carbocycles. The van der Waals surface area contributed by atoms with Crippen LogP contribution in [0.5, 0.6) is 0 Å². The minimum Gasteiger partial charge on any atom is -0.352 e. The van der Waals surface area contributed by atoms with E-state index in [0.717, 1.165) is 25.9 Å². The number of rotatable bonds is 3. The van der Waals surface area contributed by atoms with Crippen LogP contribution in [0, 0.1) is 5.41 Å². The number of carbonyl (C=O) groups excluding carboxylic acids is 2. The molecule has 1 heterocycles. The maximum absolute atomic E-state index is 11.7. The molecule has 0 aliphatic carbocycles. The zero-order valence-corrected chi connectivity index (χ0v) is 11.9. The minimum absolute atomic E-state index is 0.0719. The summed E-state index contributed by atoms with van der Waals surface area (Å²) >= 11 is 0. The summed E-state index contributed by atoms with van der Waals surface area (Å²) in [6.07, 6.45) is 1.96. The highest BCUT2D eigenvalue weighted by atomic mass is 16.2. The van der Waals surface area contributed by atoms with E-state index < -0.39 is 5.41 Å². The van der Waals surface area contributed by atoms with Crippen molar-refractivity contribution in [3.63, 3.8) is 0 Å². The zero-order valence-electron chi connectivity index (χ0n) is 11.9. The normalized spacial score (nSPS) is 18.4. The Labute approximate surface area is 109 Å². The lowest BCUT2D eigenvalue weighted by molar-refractivity contribution is -0.131. The van der Waals surface area contributed by atoms with Crippen LogP contribution in [0.15, 0.2) is 0 Å². The van der Waals surface area contributed by atoms with Gasteiger partial charge in [0, 0.05) is 11.5 Å². The van der Waals surface area contributed by atoms with Gasteiger partial charge in [0.25, 0.3) is 0 Å². The van der Waals surface area contributed by atoms with Gasteiger partial charge in [0.1, 0.15) is 0 Å². The molecule has 1 saturated heterocycles. The molecule has 2 N–H and O–H groups in total. The Bertz CT molecular complexity index is 302. The summed E-state index contributed by atoms with van der Waals surface area (Å²) in [5.41, 5.74) is -0.451. The fraction of sp³-hybridized carbons (Fsp3) is 0.846. The molecule has 2 amide bonds. The van der Waals surface area contributed by atoms with Gasteiger partial charge >= 0.3 is 0 Å². The highest BCUT2D eigenvalue weighted by Crippen LogP contribution is 2.12. The molecule has 0 bridgehead atoms. The average molecular weight is 255 g/mol. The van der Waals surface area contributed by atoms with Crippen LogP contribution in [-0.2, 0) is 9.59 Å². The van der Waals surface area contributed by atoms with Gasteiger partial charge in [-0.3, -0.25) is 9.59 Å². The van der Waals surface area contributed by atoms with Gasteiger partial charge in [0.05, 0.1) is 6.54 Å². The van der Waals surface area contributed by atoms with Crippen LogP contribution >= 0.6 is 0 Å². The first-order valence-corrected chi connectivity index (χ1v) is 6.55. The molecule has 1 rings (SSSR count). The van der Waals surface area contributed by atoms with Crippen molar-refractivity contribution in [3.8, 4) is 0 Å². The maximum Gasteiger partial charge on any atom is 0.239 e. The number of hydrogen-bond acceptors (Lipinski definition) is 3. The monoisotopic (exact) mass is 255 g/mol. The number of carbonyl (C=O) groups is 2. The fourth-order valence-corrected chi connectivity index (χ4v) is 1.86. The molecule has 0 atom stereocenters. The molecule has 1 aliphatic rings. The van der Waals surface area contributed by atoms with Crippen LogP contribution in [0.25, 0.3) is 0 Å². The number of likely N-dealkylation sites (tertiary alicyclic amines) is 1. The molecule has 0 unspecified atom stereocenters. The van der Waals surface area contributed by atoms with Crippen LogP contribution in [0.4, 0.5) is 0 Å². The predicted octanol–water partition coefficient (Wildman–Crippen LogP) is 0.359. The van der Waals surface area contributed by atoms with Gasteiger partial charge in [-0.2, -0.15) is 0 Å². The van der Waals surface area contributed by atoms with Gasteiger partial charge in [-0.1, -0.05) is 20.8 Å². The van der Waals surface area contributed by atoms with Crippen molar-refractivity contribution in [1.82, 2.24) is 15.5 Å². The third-order valence-electron chi connectivity index (χ3n) is 3.17. The van der Waals surface area contributed by atoms with Crippen molar-refractivity contribution in [2.24, 2.45) is 5.41 Å². The Kier molecular flexibility index (Phi) is 5.14. The molecule has 104 valence electrons. The lowest BCUT2D eigenvalue weighted by Crippen LogP contribution is -2.47. The Balaban J connectivity index is 2.24. The van der Waals surface area contributed by atoms with E-state index in [9.17, 15) is 9.59 Å². The summed E-state index contributed by atoms with van der Waals surface area (Å²) in [4.78, 5) is 25.5. The van der Waals surface area contributed by atoms with Crippen molar-refractivity contribution in [1.29, 1.82) is 0 Å². The van der Waals surface area contributed by atoms with Crippen LogP contribution in [0.1, 0.15) is 33.6 Å². The zero-order chi connectivity index (χ0) is 13.8. The van der Waals surface area contributed by atoms with E-state index in [1.165, 1.54) is 0 Å². The third-order valence-corrected chi connectivity index (χ3v) is 3.17. The molecular weight excluding hydrogens is 230 g/mol. The third kappa shape index (κ3) is 5.04. The van der Waals surface area contributed by atoms with Gasteiger partial charge in [-0.15, -0.1) is 0 Å². The summed E-state index contributed by atoms with van der Waals surface area (Å²) in [6, 6.07) is 0.250. The summed E-state index contributed by atoms with van der Waals surface area (Å²) in [6.45, 7) is 7.59. The standard InChI is InChI=1S/C13H25N3O2/c1-13(2,3)12(18)14-9-11(17)15-10-5-7-16(4)8-6-10/h10H,5-9H2,1-4H3,(H,14,18)(H,15,17). The van der Waals surface area contributed by atoms with Crippen LogP contribution in [-0.4, -0.2) is 49.4 Å². The Morgan fingerprint density at radius 3 is 2.28 bits per heavy atom. The molecule has 18 heavy (non-hydrogen) atoms. The van der Waals surface area contributed by atoms with E-state index in [-0.39, 0.29) is 24.4 Å². The van der Waals surface area contributed by atoms with Crippen LogP contribution in [0.3, 0.4) is 0 Å². The molecule has 0 aromatic rings. The molecule has 1 fully saturated rings. The number of hydrogen-bond donors (Lipinski definition) is 2. The second kappa shape index (κ2) is 6.18. The molecule has 0 aromatic heterocycles. The van der Waals surface area contributed by atoms with Gasteiger partial charge in [0.15, 0.2) is 0 Å². The molecule has 1 aliphatic heterocycles. The average Bonchev–Trinajstić information content (AvgIpc) is 2.28. The second-order valence-electron chi connectivity index (χ2n) is 6.08. The van der Waals surface area contributed by atoms with E-state index in [0.29, 0.717) is 0 Å². The van der Waals surface area contributed by atoms with Gasteiger partial charge in [0.2, 0.25) is 11.8 Å². The Morgan fingerprint density at radius 1 is 1.22 bits per heavy atom. The Morgan fingerprint density at radius 2 is 1.78 bits per heavy atom. The highest BCUT2D eigenvalue weighted by molar-refractivity contribution is 5.87. The molecule has 5 nitrogen and oxygen atoms in total. The summed E-state index contributed by atoms with van der Waals surface area (Å²) in [5.74, 6) is -0.191. The fourth-order valence-electron chi connectivity index (χ4n) is 1.86. The maximum atomic E-state index is 11.7. The largest absolute Gasteiger partial charge is 0.352 e. The first-order chi connectivity index (χ1) is 8.29. The lowest BCUT2D eigenvalue weighted by Gasteiger charge is -2.29. The van der Waals surface area contributed by atoms with Crippen LogP contribution in [0.2, 0.25) is 0 Å². The molecule has 0 radical (unpaired) electrons. The van der Waals surface area contributed by atoms with Crippen molar-refractivity contribution >= 4 is 11.8 Å². The second-order valence-corrected chi connectivity index (χ2v) is 6.08. The van der Waals surface area contributed by atoms with Crippen LogP contribution < -0.4 is 10.6 Å². The Hall–Kier alpha value is -1.10. The molecule has 0 saturated carbocycles. The first-order valence-electron chi connectivity index (χ1n) is 6.55. The number of nitrogens with zero attached hydrogens (tertiary/aromatic N) is 1. The lowest BCUT2D eigenvalue weighted by atomic mass is 9.96. The first kappa shape index (κ1) is 15.0. The van der Waals surface area contributed by atoms with Crippen molar-refractivity contribution in [2.75, 3.05) is 26.7 Å². The summed E-state index contributed by atoms with van der Waals surface area (Å²) in [7, 11) is 2.08. The van der Waals surface area contributed by atoms with Gasteiger partial charge < -0.3 is 15.5 Å². The molecule has 0 spiro atoms. The van der Waals surface area contributed by atoms with Gasteiger partial charge in [-0.25, -0.2) is 0 Å². The van der Waals surface area contributed by atoms with Gasteiger partial charge in [-0.05, 0) is 33.0 Å². The topological polar surface area (TPSA) is 61.4 Å². The highest BCUT2D eigenvalue weighted by Gasteiger charge is 2.22. The number of piperidine rings is 1. The van der Waals surface area contributed by atoms with E-state index in [1.54, 1.807) is 0 Å². The predicted molar refractivity (Wildman–Crippen MR) is 71.1 cm³/mol.